The molecule has 4 rings (SSSR count). The van der Waals surface area contributed by atoms with Crippen molar-refractivity contribution in [3.05, 3.63) is 126 Å². The van der Waals surface area contributed by atoms with Crippen LogP contribution in [-0.4, -0.2) is 30.1 Å². The standard InChI is InChI=1S/C33H31N3O4S/c1-22-9-13-26(14-10-22)34-31(37)23(2)41-29-19-15-27(16-20-29)35-33(39)30(21-24-11-17-28(40-3)18-12-24)36-32(38)25-7-5-4-6-8-25/h4-21,23H,1-3H3,(H,34,37)(H,35,39)(H,36,38)/b30-21-. The number of hydrogen-bond donors (Lipinski definition) is 3. The Bertz CT molecular complexity index is 1520. The molecule has 0 aliphatic rings. The zero-order valence-corrected chi connectivity index (χ0v) is 23.8. The maximum Gasteiger partial charge on any atom is 0.272 e. The monoisotopic (exact) mass is 565 g/mol. The summed E-state index contributed by atoms with van der Waals surface area (Å²) in [5.74, 6) is -0.290. The van der Waals surface area contributed by atoms with Gasteiger partial charge in [-0.05, 0) is 86.2 Å². The number of carbonyl (C=O) groups excluding carboxylic acids is 3. The van der Waals surface area contributed by atoms with Gasteiger partial charge in [0, 0.05) is 21.8 Å². The first-order valence-corrected chi connectivity index (χ1v) is 13.9. The Hall–Kier alpha value is -4.82. The summed E-state index contributed by atoms with van der Waals surface area (Å²) in [6, 6.07) is 30.7. The zero-order chi connectivity index (χ0) is 29.2. The molecule has 4 aromatic rings. The van der Waals surface area contributed by atoms with Gasteiger partial charge in [-0.25, -0.2) is 0 Å². The molecule has 0 aromatic heterocycles. The molecule has 0 fully saturated rings. The highest BCUT2D eigenvalue weighted by atomic mass is 32.2. The van der Waals surface area contributed by atoms with Crippen LogP contribution in [0, 0.1) is 6.92 Å². The quantitative estimate of drug-likeness (QED) is 0.150. The topological polar surface area (TPSA) is 96.5 Å². The summed E-state index contributed by atoms with van der Waals surface area (Å²) in [5.41, 5.74) is 3.66. The van der Waals surface area contributed by atoms with Crippen LogP contribution in [0.4, 0.5) is 11.4 Å². The predicted molar refractivity (Wildman–Crippen MR) is 165 cm³/mol. The smallest absolute Gasteiger partial charge is 0.272 e. The molecule has 7 nitrogen and oxygen atoms in total. The van der Waals surface area contributed by atoms with Crippen molar-refractivity contribution >= 4 is 46.9 Å². The van der Waals surface area contributed by atoms with E-state index in [0.29, 0.717) is 22.6 Å². The molecular weight excluding hydrogens is 534 g/mol. The summed E-state index contributed by atoms with van der Waals surface area (Å²) in [4.78, 5) is 39.6. The van der Waals surface area contributed by atoms with Gasteiger partial charge in [-0.3, -0.25) is 14.4 Å². The second kappa shape index (κ2) is 14.0. The number of methoxy groups -OCH3 is 1. The second-order valence-electron chi connectivity index (χ2n) is 9.25. The van der Waals surface area contributed by atoms with Crippen LogP contribution in [0.2, 0.25) is 0 Å². The Morgan fingerprint density at radius 2 is 1.39 bits per heavy atom. The van der Waals surface area contributed by atoms with Crippen molar-refractivity contribution in [2.45, 2.75) is 24.0 Å². The molecular formula is C33H31N3O4S. The third kappa shape index (κ3) is 8.58. The van der Waals surface area contributed by atoms with Crippen LogP contribution in [-0.2, 0) is 9.59 Å². The van der Waals surface area contributed by atoms with Crippen molar-refractivity contribution in [1.82, 2.24) is 5.32 Å². The van der Waals surface area contributed by atoms with Gasteiger partial charge in [0.15, 0.2) is 0 Å². The van der Waals surface area contributed by atoms with Gasteiger partial charge in [-0.1, -0.05) is 48.0 Å². The van der Waals surface area contributed by atoms with E-state index in [9.17, 15) is 14.4 Å². The Morgan fingerprint density at radius 3 is 2.02 bits per heavy atom. The molecule has 3 amide bonds. The van der Waals surface area contributed by atoms with E-state index in [1.807, 2.05) is 56.3 Å². The average molecular weight is 566 g/mol. The molecule has 41 heavy (non-hydrogen) atoms. The Kier molecular flexibility index (Phi) is 9.96. The lowest BCUT2D eigenvalue weighted by Gasteiger charge is -2.14. The molecule has 1 unspecified atom stereocenters. The molecule has 0 saturated heterocycles. The number of benzene rings is 4. The first-order valence-electron chi connectivity index (χ1n) is 13.0. The highest BCUT2D eigenvalue weighted by Gasteiger charge is 2.17. The van der Waals surface area contributed by atoms with Gasteiger partial charge in [0.2, 0.25) is 5.91 Å². The minimum absolute atomic E-state index is 0.0869. The third-order valence-corrected chi connectivity index (χ3v) is 7.18. The van der Waals surface area contributed by atoms with Crippen LogP contribution in [0.3, 0.4) is 0 Å². The minimum atomic E-state index is -0.476. The number of anilines is 2. The first kappa shape index (κ1) is 29.2. The number of rotatable bonds is 10. The summed E-state index contributed by atoms with van der Waals surface area (Å²) >= 11 is 1.42. The fraction of sp³-hybridized carbons (Fsp3) is 0.121. The second-order valence-corrected chi connectivity index (χ2v) is 10.7. The van der Waals surface area contributed by atoms with Gasteiger partial charge >= 0.3 is 0 Å². The lowest BCUT2D eigenvalue weighted by molar-refractivity contribution is -0.115. The summed E-state index contributed by atoms with van der Waals surface area (Å²) in [6.07, 6.45) is 1.61. The summed E-state index contributed by atoms with van der Waals surface area (Å²) < 4.78 is 5.21. The SMILES string of the molecule is COc1ccc(/C=C(\NC(=O)c2ccccc2)C(=O)Nc2ccc(SC(C)C(=O)Nc3ccc(C)cc3)cc2)cc1. The highest BCUT2D eigenvalue weighted by Crippen LogP contribution is 2.26. The van der Waals surface area contributed by atoms with Crippen molar-refractivity contribution in [2.75, 3.05) is 17.7 Å². The highest BCUT2D eigenvalue weighted by molar-refractivity contribution is 8.00. The van der Waals surface area contributed by atoms with E-state index in [2.05, 4.69) is 16.0 Å². The van der Waals surface area contributed by atoms with E-state index in [-0.39, 0.29) is 16.9 Å². The number of ether oxygens (including phenoxy) is 1. The molecule has 0 bridgehead atoms. The van der Waals surface area contributed by atoms with E-state index in [1.165, 1.54) is 11.8 Å². The Balaban J connectivity index is 1.43. The molecule has 0 saturated carbocycles. The van der Waals surface area contributed by atoms with E-state index < -0.39 is 11.8 Å². The minimum Gasteiger partial charge on any atom is -0.497 e. The number of aryl methyl sites for hydroxylation is 1. The Labute approximate surface area is 244 Å². The molecule has 3 N–H and O–H groups in total. The number of thioether (sulfide) groups is 1. The van der Waals surface area contributed by atoms with Crippen LogP contribution in [0.25, 0.3) is 6.08 Å². The number of amides is 3. The van der Waals surface area contributed by atoms with Gasteiger partial charge < -0.3 is 20.7 Å². The number of hydrogen-bond acceptors (Lipinski definition) is 5. The molecule has 1 atom stereocenters. The summed E-state index contributed by atoms with van der Waals surface area (Å²) in [6.45, 7) is 3.84. The molecule has 4 aromatic carbocycles. The summed E-state index contributed by atoms with van der Waals surface area (Å²) in [5, 5.41) is 8.18. The fourth-order valence-corrected chi connectivity index (χ4v) is 4.63. The van der Waals surface area contributed by atoms with Gasteiger partial charge in [0.25, 0.3) is 11.8 Å². The van der Waals surface area contributed by atoms with E-state index in [0.717, 1.165) is 16.1 Å². The fourth-order valence-electron chi connectivity index (χ4n) is 3.76. The van der Waals surface area contributed by atoms with Crippen LogP contribution in [0.5, 0.6) is 5.75 Å². The van der Waals surface area contributed by atoms with Crippen molar-refractivity contribution in [1.29, 1.82) is 0 Å². The van der Waals surface area contributed by atoms with Crippen molar-refractivity contribution in [3.8, 4) is 5.75 Å². The number of nitrogens with one attached hydrogen (secondary N) is 3. The van der Waals surface area contributed by atoms with Crippen LogP contribution in [0.1, 0.15) is 28.4 Å². The molecule has 0 spiro atoms. The molecule has 208 valence electrons. The largest absolute Gasteiger partial charge is 0.497 e. The molecule has 0 aliphatic carbocycles. The van der Waals surface area contributed by atoms with Gasteiger partial charge in [-0.15, -0.1) is 11.8 Å². The number of carbonyl (C=O) groups is 3. The van der Waals surface area contributed by atoms with E-state index >= 15 is 0 Å². The molecule has 0 heterocycles. The lowest BCUT2D eigenvalue weighted by Crippen LogP contribution is -2.30. The third-order valence-electron chi connectivity index (χ3n) is 6.07. The van der Waals surface area contributed by atoms with Gasteiger partial charge in [0.1, 0.15) is 11.4 Å². The predicted octanol–water partition coefficient (Wildman–Crippen LogP) is 6.53. The molecule has 0 aliphatic heterocycles. The molecule has 0 radical (unpaired) electrons. The average Bonchev–Trinajstić information content (AvgIpc) is 2.99. The van der Waals surface area contributed by atoms with Gasteiger partial charge in [-0.2, -0.15) is 0 Å². The zero-order valence-electron chi connectivity index (χ0n) is 23.0. The first-order chi connectivity index (χ1) is 19.8. The van der Waals surface area contributed by atoms with Crippen molar-refractivity contribution in [2.24, 2.45) is 0 Å². The van der Waals surface area contributed by atoms with E-state index in [4.69, 9.17) is 4.74 Å². The summed E-state index contributed by atoms with van der Waals surface area (Å²) in [7, 11) is 1.58. The maximum absolute atomic E-state index is 13.3. The molecule has 8 heteroatoms. The Morgan fingerprint density at radius 1 is 0.780 bits per heavy atom. The van der Waals surface area contributed by atoms with Crippen molar-refractivity contribution in [3.63, 3.8) is 0 Å². The normalized spacial score (nSPS) is 11.7. The van der Waals surface area contributed by atoms with E-state index in [1.54, 1.807) is 73.8 Å². The lowest BCUT2D eigenvalue weighted by atomic mass is 10.1. The van der Waals surface area contributed by atoms with Crippen molar-refractivity contribution < 1.29 is 19.1 Å². The van der Waals surface area contributed by atoms with Gasteiger partial charge in [0.05, 0.1) is 12.4 Å². The van der Waals surface area contributed by atoms with Crippen LogP contribution in [0.15, 0.2) is 114 Å². The van der Waals surface area contributed by atoms with Crippen LogP contribution < -0.4 is 20.7 Å². The van der Waals surface area contributed by atoms with Crippen LogP contribution >= 0.6 is 11.8 Å². The maximum atomic E-state index is 13.3.